The van der Waals surface area contributed by atoms with Gasteiger partial charge < -0.3 is 10.4 Å². The summed E-state index contributed by atoms with van der Waals surface area (Å²) in [5.74, 6) is -1.24. The summed E-state index contributed by atoms with van der Waals surface area (Å²) >= 11 is 0. The number of anilines is 1. The number of fused-ring (bicyclic) bond motifs is 1. The van der Waals surface area contributed by atoms with Gasteiger partial charge in [-0.3, -0.25) is 9.48 Å². The largest absolute Gasteiger partial charge is 0.433 e. The fourth-order valence-electron chi connectivity index (χ4n) is 3.88. The third-order valence-electron chi connectivity index (χ3n) is 5.56. The monoisotopic (exact) mass is 436 g/mol. The van der Waals surface area contributed by atoms with E-state index in [1.807, 2.05) is 0 Å². The van der Waals surface area contributed by atoms with Gasteiger partial charge in [-0.2, -0.15) is 18.3 Å². The number of rotatable bonds is 4. The summed E-state index contributed by atoms with van der Waals surface area (Å²) in [4.78, 5) is 15.7. The summed E-state index contributed by atoms with van der Waals surface area (Å²) in [6.07, 6.45) is 0.403. The zero-order valence-corrected chi connectivity index (χ0v) is 16.4. The second kappa shape index (κ2) is 8.26. The lowest BCUT2D eigenvalue weighted by Crippen LogP contribution is -2.20. The minimum absolute atomic E-state index is 0.0951. The molecule has 0 unspecified atom stereocenters. The Hall–Kier alpha value is -3.01. The molecule has 3 aromatic rings. The van der Waals surface area contributed by atoms with Gasteiger partial charge in [-0.1, -0.05) is 6.07 Å². The molecular weight excluding hydrogens is 416 g/mol. The number of alkyl halides is 3. The van der Waals surface area contributed by atoms with Crippen molar-refractivity contribution in [2.24, 2.45) is 5.92 Å². The summed E-state index contributed by atoms with van der Waals surface area (Å²) in [7, 11) is 0. The number of halogens is 4. The van der Waals surface area contributed by atoms with Crippen molar-refractivity contribution in [3.8, 4) is 0 Å². The van der Waals surface area contributed by atoms with Gasteiger partial charge in [0.05, 0.1) is 6.04 Å². The lowest BCUT2D eigenvalue weighted by molar-refractivity contribution is -0.141. The molecule has 1 fully saturated rings. The Kier molecular flexibility index (Phi) is 5.65. The lowest BCUT2D eigenvalue weighted by Gasteiger charge is -2.27. The molecule has 164 valence electrons. The molecule has 0 spiro atoms. The SMILES string of the molecule is O=C(Nc1cc(F)c2nn(C3CCC(CO)CC3)cc2c1)c1cccc(C(F)(F)F)n1. The number of aromatic nitrogens is 3. The summed E-state index contributed by atoms with van der Waals surface area (Å²) in [6.45, 7) is 0.159. The molecule has 0 atom stereocenters. The van der Waals surface area contributed by atoms with Crippen LogP contribution in [0.3, 0.4) is 0 Å². The van der Waals surface area contributed by atoms with Gasteiger partial charge in [-0.25, -0.2) is 9.37 Å². The Morgan fingerprint density at radius 2 is 1.94 bits per heavy atom. The molecule has 0 aliphatic heterocycles. The summed E-state index contributed by atoms with van der Waals surface area (Å²) in [5.41, 5.74) is -1.36. The third-order valence-corrected chi connectivity index (χ3v) is 5.56. The van der Waals surface area contributed by atoms with Crippen LogP contribution >= 0.6 is 0 Å². The van der Waals surface area contributed by atoms with Crippen LogP contribution < -0.4 is 5.32 Å². The average molecular weight is 436 g/mol. The van der Waals surface area contributed by atoms with Crippen molar-refractivity contribution in [1.82, 2.24) is 14.8 Å². The smallest absolute Gasteiger partial charge is 0.396 e. The molecule has 1 saturated carbocycles. The second-order valence-corrected chi connectivity index (χ2v) is 7.72. The van der Waals surface area contributed by atoms with Gasteiger partial charge in [0.1, 0.15) is 16.9 Å². The van der Waals surface area contributed by atoms with E-state index in [1.165, 1.54) is 6.07 Å². The molecule has 1 aliphatic rings. The fourth-order valence-corrected chi connectivity index (χ4v) is 3.88. The maximum Gasteiger partial charge on any atom is 0.433 e. The lowest BCUT2D eigenvalue weighted by atomic mass is 9.87. The highest BCUT2D eigenvalue weighted by Crippen LogP contribution is 2.33. The Morgan fingerprint density at radius 1 is 1.19 bits per heavy atom. The fraction of sp³-hybridized carbons (Fsp3) is 0.381. The number of aliphatic hydroxyl groups is 1. The minimum atomic E-state index is -4.67. The Morgan fingerprint density at radius 3 is 2.61 bits per heavy atom. The van der Waals surface area contributed by atoms with Crippen LogP contribution in [0.1, 0.15) is 47.9 Å². The number of pyridine rings is 1. The van der Waals surface area contributed by atoms with E-state index in [0.717, 1.165) is 49.9 Å². The van der Waals surface area contributed by atoms with E-state index in [-0.39, 0.29) is 29.8 Å². The van der Waals surface area contributed by atoms with E-state index >= 15 is 0 Å². The summed E-state index contributed by atoms with van der Waals surface area (Å²) < 4.78 is 54.8. The number of amides is 1. The van der Waals surface area contributed by atoms with E-state index in [0.29, 0.717) is 5.39 Å². The van der Waals surface area contributed by atoms with Gasteiger partial charge in [0, 0.05) is 23.9 Å². The third kappa shape index (κ3) is 4.53. The maximum absolute atomic E-state index is 14.6. The molecule has 2 aromatic heterocycles. The van der Waals surface area contributed by atoms with Gasteiger partial charge in [-0.15, -0.1) is 0 Å². The topological polar surface area (TPSA) is 80.0 Å². The van der Waals surface area contributed by atoms with Crippen molar-refractivity contribution in [2.45, 2.75) is 37.9 Å². The molecule has 2 N–H and O–H groups in total. The number of hydrogen-bond acceptors (Lipinski definition) is 4. The van der Waals surface area contributed by atoms with Crippen molar-refractivity contribution in [2.75, 3.05) is 11.9 Å². The summed E-state index contributed by atoms with van der Waals surface area (Å²) in [6, 6.07) is 5.71. The normalized spacial score (nSPS) is 19.5. The zero-order valence-electron chi connectivity index (χ0n) is 16.4. The Bertz CT molecular complexity index is 1100. The predicted molar refractivity (Wildman–Crippen MR) is 105 cm³/mol. The number of nitrogens with one attached hydrogen (secondary N) is 1. The molecule has 31 heavy (non-hydrogen) atoms. The van der Waals surface area contributed by atoms with Crippen LogP contribution in [-0.4, -0.2) is 32.4 Å². The first-order valence-corrected chi connectivity index (χ1v) is 9.89. The molecule has 1 aromatic carbocycles. The highest BCUT2D eigenvalue weighted by Gasteiger charge is 2.33. The standard InChI is InChI=1S/C21H20F4N4O2/c22-16-9-14(26-20(31)17-2-1-3-18(27-17)21(23,24)25)8-13-10-29(28-19(13)16)15-6-4-12(11-30)5-7-15/h1-3,8-10,12,15,30H,4-7,11H2,(H,26,31). The molecule has 0 saturated heterocycles. The van der Waals surface area contributed by atoms with Crippen molar-refractivity contribution >= 4 is 22.5 Å². The van der Waals surface area contributed by atoms with E-state index in [2.05, 4.69) is 15.4 Å². The molecule has 1 aliphatic carbocycles. The number of carbonyl (C=O) groups is 1. The van der Waals surface area contributed by atoms with Gasteiger partial charge in [-0.05, 0) is 55.9 Å². The first-order valence-electron chi connectivity index (χ1n) is 9.89. The highest BCUT2D eigenvalue weighted by atomic mass is 19.4. The summed E-state index contributed by atoms with van der Waals surface area (Å²) in [5, 5.41) is 16.5. The van der Waals surface area contributed by atoms with Crippen LogP contribution in [0, 0.1) is 11.7 Å². The zero-order chi connectivity index (χ0) is 22.2. The number of benzene rings is 1. The quantitative estimate of drug-likeness (QED) is 0.588. The van der Waals surface area contributed by atoms with Crippen LogP contribution in [0.25, 0.3) is 10.9 Å². The molecule has 2 heterocycles. The number of carbonyl (C=O) groups excluding carboxylic acids is 1. The molecule has 6 nitrogen and oxygen atoms in total. The van der Waals surface area contributed by atoms with Crippen LogP contribution in [0.5, 0.6) is 0 Å². The molecule has 4 rings (SSSR count). The number of nitrogens with zero attached hydrogens (tertiary/aromatic N) is 3. The predicted octanol–water partition coefficient (Wildman–Crippen LogP) is 4.57. The van der Waals surface area contributed by atoms with E-state index in [9.17, 15) is 27.5 Å². The van der Waals surface area contributed by atoms with Crippen LogP contribution in [0.2, 0.25) is 0 Å². The first kappa shape index (κ1) is 21.2. The van der Waals surface area contributed by atoms with Crippen LogP contribution in [0.4, 0.5) is 23.2 Å². The number of hydrogen-bond donors (Lipinski definition) is 2. The van der Waals surface area contributed by atoms with Gasteiger partial charge in [0.15, 0.2) is 5.82 Å². The van der Waals surface area contributed by atoms with Crippen molar-refractivity contribution in [1.29, 1.82) is 0 Å². The van der Waals surface area contributed by atoms with Crippen molar-refractivity contribution < 1.29 is 27.5 Å². The Labute approximate surface area is 174 Å². The van der Waals surface area contributed by atoms with Gasteiger partial charge in [0.25, 0.3) is 5.91 Å². The van der Waals surface area contributed by atoms with Crippen molar-refractivity contribution in [3.63, 3.8) is 0 Å². The Balaban J connectivity index is 1.55. The van der Waals surface area contributed by atoms with E-state index < -0.39 is 29.3 Å². The molecule has 0 radical (unpaired) electrons. The highest BCUT2D eigenvalue weighted by molar-refractivity contribution is 6.03. The van der Waals surface area contributed by atoms with E-state index in [1.54, 1.807) is 10.9 Å². The minimum Gasteiger partial charge on any atom is -0.396 e. The van der Waals surface area contributed by atoms with Crippen LogP contribution in [0.15, 0.2) is 36.5 Å². The second-order valence-electron chi connectivity index (χ2n) is 7.72. The van der Waals surface area contributed by atoms with E-state index in [4.69, 9.17) is 0 Å². The molecule has 10 heteroatoms. The average Bonchev–Trinajstić information content (AvgIpc) is 3.18. The molecule has 1 amide bonds. The van der Waals surface area contributed by atoms with Crippen molar-refractivity contribution in [3.05, 3.63) is 53.7 Å². The van der Waals surface area contributed by atoms with Crippen LogP contribution in [-0.2, 0) is 6.18 Å². The number of aliphatic hydroxyl groups excluding tert-OH is 1. The molecule has 0 bridgehead atoms. The maximum atomic E-state index is 14.6. The first-order chi connectivity index (χ1) is 14.7. The van der Waals surface area contributed by atoms with Gasteiger partial charge >= 0.3 is 6.18 Å². The van der Waals surface area contributed by atoms with Gasteiger partial charge in [0.2, 0.25) is 0 Å². The molecular formula is C21H20F4N4O2.